The number of benzene rings is 2. The molecule has 1 heterocycles. The molecule has 6 heteroatoms. The van der Waals surface area contributed by atoms with Gasteiger partial charge >= 0.3 is 5.97 Å². The maximum Gasteiger partial charge on any atom is 0.344 e. The number of amides is 1. The van der Waals surface area contributed by atoms with Crippen molar-refractivity contribution in [1.82, 2.24) is 0 Å². The van der Waals surface area contributed by atoms with Gasteiger partial charge in [-0.05, 0) is 43.2 Å². The highest BCUT2D eigenvalue weighted by atomic mass is 35.5. The fourth-order valence-corrected chi connectivity index (χ4v) is 2.95. The molecule has 5 nitrogen and oxygen atoms in total. The summed E-state index contributed by atoms with van der Waals surface area (Å²) in [6.45, 7) is 1.88. The molecule has 0 fully saturated rings. The molecule has 1 amide bonds. The predicted octanol–water partition coefficient (Wildman–Crippen LogP) is 3.24. The van der Waals surface area contributed by atoms with Gasteiger partial charge in [0, 0.05) is 17.3 Å². The number of hydrogen-bond acceptors (Lipinski definition) is 4. The highest BCUT2D eigenvalue weighted by Crippen LogP contribution is 2.28. The van der Waals surface area contributed by atoms with Crippen molar-refractivity contribution < 1.29 is 19.1 Å². The van der Waals surface area contributed by atoms with Crippen molar-refractivity contribution in [3.05, 3.63) is 59.1 Å². The molecular weight excluding hydrogens is 342 g/mol. The molecule has 1 aliphatic rings. The van der Waals surface area contributed by atoms with E-state index in [9.17, 15) is 9.59 Å². The first-order valence-corrected chi connectivity index (χ1v) is 8.39. The van der Waals surface area contributed by atoms with Gasteiger partial charge in [-0.3, -0.25) is 4.79 Å². The van der Waals surface area contributed by atoms with Crippen molar-refractivity contribution in [1.29, 1.82) is 0 Å². The zero-order valence-electron chi connectivity index (χ0n) is 13.8. The SMILES string of the molecule is C[C@@H](OC(=O)COc1cccc(Cl)c1)C(=O)N1CCc2ccccc21. The molecule has 1 atom stereocenters. The smallest absolute Gasteiger partial charge is 0.344 e. The molecule has 1 aliphatic heterocycles. The number of esters is 1. The highest BCUT2D eigenvalue weighted by Gasteiger charge is 2.29. The summed E-state index contributed by atoms with van der Waals surface area (Å²) in [6.07, 6.45) is -0.0675. The maximum atomic E-state index is 12.6. The number of anilines is 1. The molecule has 0 N–H and O–H groups in total. The summed E-state index contributed by atoms with van der Waals surface area (Å²) in [4.78, 5) is 26.1. The van der Waals surface area contributed by atoms with E-state index in [-0.39, 0.29) is 12.5 Å². The van der Waals surface area contributed by atoms with E-state index in [1.807, 2.05) is 24.3 Å². The van der Waals surface area contributed by atoms with Gasteiger partial charge in [-0.2, -0.15) is 0 Å². The summed E-state index contributed by atoms with van der Waals surface area (Å²) in [6, 6.07) is 14.5. The van der Waals surface area contributed by atoms with Gasteiger partial charge in [-0.1, -0.05) is 35.9 Å². The number of ether oxygens (including phenoxy) is 2. The Kier molecular flexibility index (Phi) is 5.24. The van der Waals surface area contributed by atoms with E-state index >= 15 is 0 Å². The van der Waals surface area contributed by atoms with Gasteiger partial charge in [-0.25, -0.2) is 4.79 Å². The Morgan fingerprint density at radius 3 is 2.80 bits per heavy atom. The Hall–Kier alpha value is -2.53. The number of hydrogen-bond donors (Lipinski definition) is 0. The first-order valence-electron chi connectivity index (χ1n) is 8.02. The maximum absolute atomic E-state index is 12.6. The number of nitrogens with zero attached hydrogens (tertiary/aromatic N) is 1. The molecule has 2 aromatic rings. The van der Waals surface area contributed by atoms with Crippen molar-refractivity contribution in [3.8, 4) is 5.75 Å². The van der Waals surface area contributed by atoms with Gasteiger partial charge in [-0.15, -0.1) is 0 Å². The summed E-state index contributed by atoms with van der Waals surface area (Å²) in [7, 11) is 0. The number of halogens is 1. The quantitative estimate of drug-likeness (QED) is 0.769. The van der Waals surface area contributed by atoms with Crippen molar-refractivity contribution in [2.75, 3.05) is 18.1 Å². The first-order chi connectivity index (χ1) is 12.0. The second-order valence-corrected chi connectivity index (χ2v) is 6.18. The molecule has 3 rings (SSSR count). The van der Waals surface area contributed by atoms with Gasteiger partial charge in [0.15, 0.2) is 12.7 Å². The second kappa shape index (κ2) is 7.57. The Morgan fingerprint density at radius 2 is 2.00 bits per heavy atom. The molecule has 130 valence electrons. The Balaban J connectivity index is 1.54. The van der Waals surface area contributed by atoms with Crippen LogP contribution in [0.1, 0.15) is 12.5 Å². The normalized spacial score (nSPS) is 13.9. The van der Waals surface area contributed by atoms with Gasteiger partial charge in [0.1, 0.15) is 5.75 Å². The van der Waals surface area contributed by atoms with E-state index in [1.165, 1.54) is 0 Å². The summed E-state index contributed by atoms with van der Waals surface area (Å²) >= 11 is 5.85. The third-order valence-corrected chi connectivity index (χ3v) is 4.20. The van der Waals surface area contributed by atoms with Gasteiger partial charge < -0.3 is 14.4 Å². The predicted molar refractivity (Wildman–Crippen MR) is 95.0 cm³/mol. The average molecular weight is 360 g/mol. The van der Waals surface area contributed by atoms with Gasteiger partial charge in [0.05, 0.1) is 0 Å². The van der Waals surface area contributed by atoms with Crippen LogP contribution in [0.15, 0.2) is 48.5 Å². The lowest BCUT2D eigenvalue weighted by molar-refractivity contribution is -0.155. The Labute approximate surface area is 151 Å². The van der Waals surface area contributed by atoms with Crippen molar-refractivity contribution in [2.45, 2.75) is 19.4 Å². The van der Waals surface area contributed by atoms with Crippen LogP contribution in [0.4, 0.5) is 5.69 Å². The second-order valence-electron chi connectivity index (χ2n) is 5.75. The zero-order valence-corrected chi connectivity index (χ0v) is 14.5. The molecule has 0 unspecified atom stereocenters. The molecule has 0 aromatic heterocycles. The largest absolute Gasteiger partial charge is 0.482 e. The lowest BCUT2D eigenvalue weighted by atomic mass is 10.2. The standard InChI is InChI=1S/C19H18ClNO4/c1-13(19(23)21-10-9-14-5-2-3-8-17(14)21)25-18(22)12-24-16-7-4-6-15(20)11-16/h2-8,11,13H,9-10,12H2,1H3/t13-/m1/s1. The van der Waals surface area contributed by atoms with Crippen molar-refractivity contribution >= 4 is 29.2 Å². The lowest BCUT2D eigenvalue weighted by Gasteiger charge is -2.21. The van der Waals surface area contributed by atoms with E-state index in [4.69, 9.17) is 21.1 Å². The molecule has 0 saturated heterocycles. The number of carbonyl (C=O) groups excluding carboxylic acids is 2. The molecule has 0 aliphatic carbocycles. The number of fused-ring (bicyclic) bond motifs is 1. The third-order valence-electron chi connectivity index (χ3n) is 3.96. The summed E-state index contributed by atoms with van der Waals surface area (Å²) in [5, 5.41) is 0.516. The van der Waals surface area contributed by atoms with Crippen LogP contribution in [0.2, 0.25) is 5.02 Å². The van der Waals surface area contributed by atoms with Crippen LogP contribution in [0.5, 0.6) is 5.75 Å². The topological polar surface area (TPSA) is 55.8 Å². The van der Waals surface area contributed by atoms with E-state index in [0.29, 0.717) is 17.3 Å². The molecule has 0 radical (unpaired) electrons. The van der Waals surface area contributed by atoms with Crippen LogP contribution in [0.25, 0.3) is 0 Å². The fraction of sp³-hybridized carbons (Fsp3) is 0.263. The van der Waals surface area contributed by atoms with Crippen LogP contribution in [0, 0.1) is 0 Å². The van der Waals surface area contributed by atoms with Crippen LogP contribution in [0.3, 0.4) is 0 Å². The minimum absolute atomic E-state index is 0.235. The number of carbonyl (C=O) groups is 2. The Bertz CT molecular complexity index is 792. The molecular formula is C19H18ClNO4. The van der Waals surface area contributed by atoms with Crippen molar-refractivity contribution in [2.24, 2.45) is 0 Å². The van der Waals surface area contributed by atoms with Crippen LogP contribution >= 0.6 is 11.6 Å². The van der Waals surface area contributed by atoms with Gasteiger partial charge in [0.2, 0.25) is 0 Å². The van der Waals surface area contributed by atoms with E-state index in [1.54, 1.807) is 36.1 Å². The highest BCUT2D eigenvalue weighted by molar-refractivity contribution is 6.30. The molecule has 0 spiro atoms. The van der Waals surface area contributed by atoms with Gasteiger partial charge in [0.25, 0.3) is 5.91 Å². The lowest BCUT2D eigenvalue weighted by Crippen LogP contribution is -2.39. The summed E-state index contributed by atoms with van der Waals surface area (Å²) in [5.74, 6) is -0.369. The van der Waals surface area contributed by atoms with E-state index in [2.05, 4.69) is 0 Å². The monoisotopic (exact) mass is 359 g/mol. The van der Waals surface area contributed by atoms with Crippen LogP contribution in [-0.4, -0.2) is 31.1 Å². The summed E-state index contributed by atoms with van der Waals surface area (Å²) in [5.41, 5.74) is 2.00. The molecule has 2 aromatic carbocycles. The minimum Gasteiger partial charge on any atom is -0.482 e. The fourth-order valence-electron chi connectivity index (χ4n) is 2.77. The Morgan fingerprint density at radius 1 is 1.20 bits per heavy atom. The minimum atomic E-state index is -0.874. The zero-order chi connectivity index (χ0) is 17.8. The van der Waals surface area contributed by atoms with Crippen molar-refractivity contribution in [3.63, 3.8) is 0 Å². The molecule has 25 heavy (non-hydrogen) atoms. The summed E-state index contributed by atoms with van der Waals surface area (Å²) < 4.78 is 10.5. The molecule has 0 saturated carbocycles. The van der Waals surface area contributed by atoms with Crippen LogP contribution < -0.4 is 9.64 Å². The first kappa shape index (κ1) is 17.3. The number of rotatable bonds is 5. The third kappa shape index (κ3) is 4.12. The average Bonchev–Trinajstić information content (AvgIpc) is 3.03. The van der Waals surface area contributed by atoms with E-state index in [0.717, 1.165) is 17.7 Å². The molecule has 0 bridgehead atoms. The number of para-hydroxylation sites is 1. The van der Waals surface area contributed by atoms with E-state index < -0.39 is 12.1 Å². The van der Waals surface area contributed by atoms with Crippen LogP contribution in [-0.2, 0) is 20.7 Å².